The molecule has 0 heterocycles. The van der Waals surface area contributed by atoms with E-state index in [-0.39, 0.29) is 5.75 Å². The highest BCUT2D eigenvalue weighted by Crippen LogP contribution is 2.42. The van der Waals surface area contributed by atoms with E-state index in [2.05, 4.69) is 10.8 Å². The van der Waals surface area contributed by atoms with Gasteiger partial charge in [0.25, 0.3) is 0 Å². The van der Waals surface area contributed by atoms with E-state index in [1.54, 1.807) is 18.2 Å². The predicted octanol–water partition coefficient (Wildman–Crippen LogP) is 8.84. The molecule has 0 saturated heterocycles. The van der Waals surface area contributed by atoms with Crippen molar-refractivity contribution in [3.63, 3.8) is 0 Å². The van der Waals surface area contributed by atoms with Gasteiger partial charge in [-0.3, -0.25) is 0 Å². The van der Waals surface area contributed by atoms with Gasteiger partial charge in [0, 0.05) is 0 Å². The average molecular weight is 478 g/mol. The summed E-state index contributed by atoms with van der Waals surface area (Å²) >= 11 is 0. The van der Waals surface area contributed by atoms with Crippen LogP contribution >= 0.6 is 0 Å². The van der Waals surface area contributed by atoms with Gasteiger partial charge in [-0.25, -0.2) is 0 Å². The SMILES string of the molecule is N#CC(F)=CC=C[C@H]1CC[C@H]([C@H]2CC[C@H](CCCCc3ccc(OC(F)(F)F)cc3)CC2)CC1. The summed E-state index contributed by atoms with van der Waals surface area (Å²) in [5.41, 5.74) is 1.05. The molecule has 0 bridgehead atoms. The fourth-order valence-electron chi connectivity index (χ4n) is 5.71. The lowest BCUT2D eigenvalue weighted by molar-refractivity contribution is -0.274. The van der Waals surface area contributed by atoms with Gasteiger partial charge in [-0.05, 0) is 98.8 Å². The van der Waals surface area contributed by atoms with E-state index in [1.807, 2.05) is 0 Å². The van der Waals surface area contributed by atoms with Crippen molar-refractivity contribution in [2.75, 3.05) is 0 Å². The first-order valence-corrected chi connectivity index (χ1v) is 12.6. The van der Waals surface area contributed by atoms with Gasteiger partial charge in [0.2, 0.25) is 0 Å². The van der Waals surface area contributed by atoms with Crippen LogP contribution in [-0.4, -0.2) is 6.36 Å². The first-order chi connectivity index (χ1) is 16.3. The molecular formula is C28H35F4NO. The summed E-state index contributed by atoms with van der Waals surface area (Å²) in [5.74, 6) is 2.07. The van der Waals surface area contributed by atoms with Crippen molar-refractivity contribution in [2.45, 2.75) is 83.4 Å². The van der Waals surface area contributed by atoms with Gasteiger partial charge in [-0.1, -0.05) is 50.0 Å². The zero-order valence-electron chi connectivity index (χ0n) is 19.7. The second kappa shape index (κ2) is 13.0. The Balaban J connectivity index is 1.28. The molecule has 2 aliphatic rings. The van der Waals surface area contributed by atoms with Crippen LogP contribution in [0.2, 0.25) is 0 Å². The molecule has 0 atom stereocenters. The van der Waals surface area contributed by atoms with Crippen molar-refractivity contribution < 1.29 is 22.3 Å². The van der Waals surface area contributed by atoms with E-state index in [9.17, 15) is 17.6 Å². The van der Waals surface area contributed by atoms with Crippen molar-refractivity contribution >= 4 is 0 Å². The molecule has 0 spiro atoms. The Morgan fingerprint density at radius 1 is 0.941 bits per heavy atom. The van der Waals surface area contributed by atoms with Crippen LogP contribution in [0.25, 0.3) is 0 Å². The number of allylic oxidation sites excluding steroid dienone is 4. The maximum atomic E-state index is 12.9. The number of nitriles is 1. The van der Waals surface area contributed by atoms with E-state index in [0.29, 0.717) is 5.92 Å². The molecule has 0 radical (unpaired) electrons. The van der Waals surface area contributed by atoms with Crippen LogP contribution in [-0.2, 0) is 6.42 Å². The van der Waals surface area contributed by atoms with Gasteiger partial charge >= 0.3 is 6.36 Å². The third kappa shape index (κ3) is 9.16. The molecule has 2 aliphatic carbocycles. The molecule has 1 aromatic carbocycles. The number of hydrogen-bond donors (Lipinski definition) is 0. The van der Waals surface area contributed by atoms with E-state index in [0.717, 1.165) is 55.4 Å². The Labute approximate surface area is 200 Å². The van der Waals surface area contributed by atoms with Crippen molar-refractivity contribution in [1.82, 2.24) is 0 Å². The van der Waals surface area contributed by atoms with Crippen LogP contribution in [0.15, 0.2) is 48.3 Å². The Morgan fingerprint density at radius 2 is 1.56 bits per heavy atom. The smallest absolute Gasteiger partial charge is 0.406 e. The molecule has 0 unspecified atom stereocenters. The molecule has 0 amide bonds. The van der Waals surface area contributed by atoms with Gasteiger partial charge in [-0.2, -0.15) is 9.65 Å². The number of benzene rings is 1. The Bertz CT molecular complexity index is 837. The molecule has 3 rings (SSSR count). The Morgan fingerprint density at radius 3 is 2.15 bits per heavy atom. The third-order valence-electron chi connectivity index (χ3n) is 7.59. The molecule has 2 fully saturated rings. The molecule has 0 N–H and O–H groups in total. The zero-order chi connectivity index (χ0) is 24.4. The fourth-order valence-corrected chi connectivity index (χ4v) is 5.71. The van der Waals surface area contributed by atoms with Crippen LogP contribution < -0.4 is 4.74 Å². The highest BCUT2D eigenvalue weighted by Gasteiger charge is 2.31. The first-order valence-electron chi connectivity index (χ1n) is 12.6. The molecule has 6 heteroatoms. The second-order valence-electron chi connectivity index (χ2n) is 9.90. The van der Waals surface area contributed by atoms with Gasteiger partial charge < -0.3 is 4.74 Å². The standard InChI is InChI=1S/C28H35F4NO/c29-26(20-33)7-3-6-23-10-16-25(17-11-23)24-14-8-21(9-15-24)4-1-2-5-22-12-18-27(19-13-22)34-28(30,31)32/h3,6-7,12-13,18-19,21,23-25H,1-2,4-5,8-11,14-17H2/t21-,23-,24-,25-. The van der Waals surface area contributed by atoms with Crippen LogP contribution in [0.4, 0.5) is 17.6 Å². The van der Waals surface area contributed by atoms with Gasteiger partial charge in [0.05, 0.1) is 0 Å². The van der Waals surface area contributed by atoms with Crippen LogP contribution in [0.3, 0.4) is 0 Å². The summed E-state index contributed by atoms with van der Waals surface area (Å²) in [7, 11) is 0. The maximum Gasteiger partial charge on any atom is 0.573 e. The molecular weight excluding hydrogens is 442 g/mol. The normalized spacial score (nSPS) is 26.4. The number of alkyl halides is 3. The number of unbranched alkanes of at least 4 members (excludes halogenated alkanes) is 1. The molecule has 2 nitrogen and oxygen atoms in total. The Kier molecular flexibility index (Phi) is 10.0. The van der Waals surface area contributed by atoms with E-state index in [4.69, 9.17) is 5.26 Å². The van der Waals surface area contributed by atoms with Crippen molar-refractivity contribution in [3.05, 3.63) is 53.9 Å². The molecule has 34 heavy (non-hydrogen) atoms. The highest BCUT2D eigenvalue weighted by atomic mass is 19.4. The van der Waals surface area contributed by atoms with E-state index >= 15 is 0 Å². The molecule has 2 saturated carbocycles. The predicted molar refractivity (Wildman–Crippen MR) is 126 cm³/mol. The number of hydrogen-bond acceptors (Lipinski definition) is 2. The quantitative estimate of drug-likeness (QED) is 0.154. The topological polar surface area (TPSA) is 33.0 Å². The summed E-state index contributed by atoms with van der Waals surface area (Å²) in [6.45, 7) is 0. The van der Waals surface area contributed by atoms with Gasteiger partial charge in [0.15, 0.2) is 5.83 Å². The lowest BCUT2D eigenvalue weighted by Crippen LogP contribution is -2.25. The van der Waals surface area contributed by atoms with Crippen LogP contribution in [0.5, 0.6) is 5.75 Å². The lowest BCUT2D eigenvalue weighted by Gasteiger charge is -2.37. The molecule has 186 valence electrons. The summed E-state index contributed by atoms with van der Waals surface area (Å²) in [5, 5.41) is 8.45. The monoisotopic (exact) mass is 477 g/mol. The Hall–Kier alpha value is -2.29. The minimum absolute atomic E-state index is 0.166. The number of rotatable bonds is 9. The van der Waals surface area contributed by atoms with Crippen LogP contribution in [0, 0.1) is 35.0 Å². The third-order valence-corrected chi connectivity index (χ3v) is 7.59. The summed E-state index contributed by atoms with van der Waals surface area (Å²) < 4.78 is 53.5. The minimum Gasteiger partial charge on any atom is -0.406 e. The minimum atomic E-state index is -4.64. The van der Waals surface area contributed by atoms with E-state index < -0.39 is 12.2 Å². The first kappa shape index (κ1) is 26.3. The molecule has 1 aromatic rings. The highest BCUT2D eigenvalue weighted by molar-refractivity contribution is 5.27. The largest absolute Gasteiger partial charge is 0.573 e. The van der Waals surface area contributed by atoms with E-state index in [1.165, 1.54) is 69.2 Å². The van der Waals surface area contributed by atoms with Crippen molar-refractivity contribution in [3.8, 4) is 11.8 Å². The van der Waals surface area contributed by atoms with Gasteiger partial charge in [-0.15, -0.1) is 13.2 Å². The van der Waals surface area contributed by atoms with Crippen LogP contribution in [0.1, 0.15) is 76.2 Å². The maximum absolute atomic E-state index is 12.9. The number of nitrogens with zero attached hydrogens (tertiary/aromatic N) is 1. The lowest BCUT2D eigenvalue weighted by atomic mass is 9.68. The number of aryl methyl sites for hydroxylation is 1. The number of halogens is 4. The summed E-state index contributed by atoms with van der Waals surface area (Å²) in [6, 6.07) is 7.71. The van der Waals surface area contributed by atoms with Gasteiger partial charge in [0.1, 0.15) is 11.8 Å². The van der Waals surface area contributed by atoms with Crippen molar-refractivity contribution in [1.29, 1.82) is 5.26 Å². The summed E-state index contributed by atoms with van der Waals surface area (Å²) in [6.07, 6.45) is 14.8. The zero-order valence-corrected chi connectivity index (χ0v) is 19.7. The summed E-state index contributed by atoms with van der Waals surface area (Å²) in [4.78, 5) is 0. The number of ether oxygens (including phenoxy) is 1. The molecule has 0 aliphatic heterocycles. The van der Waals surface area contributed by atoms with Crippen molar-refractivity contribution in [2.24, 2.45) is 23.7 Å². The average Bonchev–Trinajstić information content (AvgIpc) is 2.82. The second-order valence-corrected chi connectivity index (χ2v) is 9.90. The molecule has 0 aromatic heterocycles. The fraction of sp³-hybridized carbons (Fsp3) is 0.607.